The molecular formula is C10H15ClN2O3S2. The van der Waals surface area contributed by atoms with E-state index in [4.69, 9.17) is 16.3 Å². The van der Waals surface area contributed by atoms with Crippen LogP contribution in [-0.4, -0.2) is 32.7 Å². The number of nitrogens with one attached hydrogen (secondary N) is 1. The molecule has 5 nitrogen and oxygen atoms in total. The van der Waals surface area contributed by atoms with Crippen molar-refractivity contribution < 1.29 is 13.2 Å². The summed E-state index contributed by atoms with van der Waals surface area (Å²) in [6.07, 6.45) is 2.94. The molecule has 0 aromatic carbocycles. The van der Waals surface area contributed by atoms with Gasteiger partial charge < -0.3 is 4.74 Å². The molecule has 2 rings (SSSR count). The van der Waals surface area contributed by atoms with Crippen molar-refractivity contribution in [3.8, 4) is 0 Å². The number of ether oxygens (including phenoxy) is 1. The van der Waals surface area contributed by atoms with E-state index in [1.165, 1.54) is 0 Å². The standard InChI is InChI=1S/C10H15ClN2O3S2/c1-7-9(17-10(11)13-7)18(14,15)12-5-4-8-3-2-6-16-8/h8,12H,2-6H2,1H3. The van der Waals surface area contributed by atoms with Gasteiger partial charge >= 0.3 is 0 Å². The monoisotopic (exact) mass is 310 g/mol. The molecule has 0 aliphatic carbocycles. The highest BCUT2D eigenvalue weighted by Crippen LogP contribution is 2.26. The molecule has 1 fully saturated rings. The fourth-order valence-corrected chi connectivity index (χ4v) is 4.72. The van der Waals surface area contributed by atoms with Gasteiger partial charge in [-0.2, -0.15) is 0 Å². The van der Waals surface area contributed by atoms with Gasteiger partial charge in [-0.15, -0.1) is 0 Å². The summed E-state index contributed by atoms with van der Waals surface area (Å²) >= 11 is 6.68. The van der Waals surface area contributed by atoms with Crippen LogP contribution < -0.4 is 4.72 Å². The van der Waals surface area contributed by atoms with Crippen LogP contribution in [0.3, 0.4) is 0 Å². The molecule has 1 aliphatic heterocycles. The summed E-state index contributed by atoms with van der Waals surface area (Å²) in [5.41, 5.74) is 0.439. The second kappa shape index (κ2) is 5.83. The third-order valence-electron chi connectivity index (χ3n) is 2.75. The van der Waals surface area contributed by atoms with Crippen LogP contribution in [0.2, 0.25) is 4.47 Å². The second-order valence-electron chi connectivity index (χ2n) is 4.16. The normalized spacial score (nSPS) is 20.4. The van der Waals surface area contributed by atoms with Gasteiger partial charge in [0.15, 0.2) is 8.68 Å². The Morgan fingerprint density at radius 1 is 1.61 bits per heavy atom. The van der Waals surface area contributed by atoms with Crippen LogP contribution in [0.5, 0.6) is 0 Å². The van der Waals surface area contributed by atoms with Crippen LogP contribution in [0.4, 0.5) is 0 Å². The van der Waals surface area contributed by atoms with Crippen molar-refractivity contribution in [3.63, 3.8) is 0 Å². The fourth-order valence-electron chi connectivity index (χ4n) is 1.89. The molecule has 1 N–H and O–H groups in total. The van der Waals surface area contributed by atoms with Crippen LogP contribution >= 0.6 is 22.9 Å². The molecule has 18 heavy (non-hydrogen) atoms. The lowest BCUT2D eigenvalue weighted by atomic mass is 10.2. The Morgan fingerprint density at radius 2 is 2.39 bits per heavy atom. The van der Waals surface area contributed by atoms with E-state index in [1.807, 2.05) is 0 Å². The highest BCUT2D eigenvalue weighted by atomic mass is 35.5. The summed E-state index contributed by atoms with van der Waals surface area (Å²) in [6, 6.07) is 0. The molecule has 0 radical (unpaired) electrons. The number of sulfonamides is 1. The fraction of sp³-hybridized carbons (Fsp3) is 0.700. The zero-order chi connectivity index (χ0) is 13.2. The number of nitrogens with zero attached hydrogens (tertiary/aromatic N) is 1. The number of hydrogen-bond donors (Lipinski definition) is 1. The smallest absolute Gasteiger partial charge is 0.251 e. The van der Waals surface area contributed by atoms with Crippen molar-refractivity contribution in [2.45, 2.75) is 36.5 Å². The van der Waals surface area contributed by atoms with Gasteiger partial charge in [-0.3, -0.25) is 0 Å². The summed E-state index contributed by atoms with van der Waals surface area (Å²) < 4.78 is 32.4. The van der Waals surface area contributed by atoms with Crippen LogP contribution in [0.25, 0.3) is 0 Å². The van der Waals surface area contributed by atoms with Crippen molar-refractivity contribution in [2.24, 2.45) is 0 Å². The van der Waals surface area contributed by atoms with E-state index in [9.17, 15) is 8.42 Å². The third kappa shape index (κ3) is 3.42. The number of aryl methyl sites for hydroxylation is 1. The van der Waals surface area contributed by atoms with E-state index in [-0.39, 0.29) is 14.8 Å². The molecule has 1 unspecified atom stereocenters. The molecule has 8 heteroatoms. The van der Waals surface area contributed by atoms with Crippen LogP contribution in [0.15, 0.2) is 4.21 Å². The van der Waals surface area contributed by atoms with E-state index in [0.29, 0.717) is 18.7 Å². The summed E-state index contributed by atoms with van der Waals surface area (Å²) in [4.78, 5) is 3.90. The van der Waals surface area contributed by atoms with Crippen molar-refractivity contribution >= 4 is 33.0 Å². The number of halogens is 1. The lowest BCUT2D eigenvalue weighted by molar-refractivity contribution is 0.105. The third-order valence-corrected chi connectivity index (χ3v) is 6.09. The first-order valence-electron chi connectivity index (χ1n) is 5.73. The predicted octanol–water partition coefficient (Wildman–Crippen LogP) is 1.95. The molecular weight excluding hydrogens is 296 g/mol. The Balaban J connectivity index is 1.93. The van der Waals surface area contributed by atoms with E-state index >= 15 is 0 Å². The van der Waals surface area contributed by atoms with Crippen LogP contribution in [0, 0.1) is 6.92 Å². The molecule has 1 atom stereocenters. The maximum absolute atomic E-state index is 12.0. The maximum Gasteiger partial charge on any atom is 0.251 e. The lowest BCUT2D eigenvalue weighted by Crippen LogP contribution is -2.27. The van der Waals surface area contributed by atoms with Crippen molar-refractivity contribution in [1.82, 2.24) is 9.71 Å². The van der Waals surface area contributed by atoms with E-state index in [1.54, 1.807) is 6.92 Å². The summed E-state index contributed by atoms with van der Waals surface area (Å²) in [5, 5.41) is 0. The summed E-state index contributed by atoms with van der Waals surface area (Å²) in [7, 11) is -3.50. The van der Waals surface area contributed by atoms with Gasteiger partial charge in [0.05, 0.1) is 11.8 Å². The highest BCUT2D eigenvalue weighted by Gasteiger charge is 2.22. The first-order chi connectivity index (χ1) is 8.49. The first-order valence-corrected chi connectivity index (χ1v) is 8.41. The van der Waals surface area contributed by atoms with Gasteiger partial charge in [0.25, 0.3) is 10.0 Å². The van der Waals surface area contributed by atoms with Crippen LogP contribution in [0.1, 0.15) is 25.0 Å². The quantitative estimate of drug-likeness (QED) is 0.902. The zero-order valence-electron chi connectivity index (χ0n) is 9.98. The number of aromatic nitrogens is 1. The minimum atomic E-state index is -3.50. The van der Waals surface area contributed by atoms with Crippen molar-refractivity contribution in [2.75, 3.05) is 13.2 Å². The Bertz CT molecular complexity index is 509. The average Bonchev–Trinajstić information content (AvgIpc) is 2.88. The Hall–Kier alpha value is -0.210. The van der Waals surface area contributed by atoms with E-state index < -0.39 is 10.0 Å². The topological polar surface area (TPSA) is 68.3 Å². The molecule has 0 amide bonds. The second-order valence-corrected chi connectivity index (χ2v) is 7.70. The van der Waals surface area contributed by atoms with Gasteiger partial charge in [-0.1, -0.05) is 22.9 Å². The van der Waals surface area contributed by atoms with Crippen molar-refractivity contribution in [1.29, 1.82) is 0 Å². The van der Waals surface area contributed by atoms with Crippen LogP contribution in [-0.2, 0) is 14.8 Å². The molecule has 0 saturated carbocycles. The largest absolute Gasteiger partial charge is 0.378 e. The predicted molar refractivity (Wildman–Crippen MR) is 70.6 cm³/mol. The Kier molecular flexibility index (Phi) is 4.60. The maximum atomic E-state index is 12.0. The van der Waals surface area contributed by atoms with Gasteiger partial charge in [0.2, 0.25) is 0 Å². The molecule has 2 heterocycles. The summed E-state index contributed by atoms with van der Waals surface area (Å²) in [5.74, 6) is 0. The minimum absolute atomic E-state index is 0.179. The lowest BCUT2D eigenvalue weighted by Gasteiger charge is -2.09. The molecule has 1 aliphatic rings. The van der Waals surface area contributed by atoms with E-state index in [2.05, 4.69) is 9.71 Å². The number of rotatable bonds is 5. The molecule has 0 bridgehead atoms. The Labute approximate surface area is 116 Å². The minimum Gasteiger partial charge on any atom is -0.378 e. The first kappa shape index (κ1) is 14.2. The molecule has 1 saturated heterocycles. The summed E-state index contributed by atoms with van der Waals surface area (Å²) in [6.45, 7) is 2.79. The van der Waals surface area contributed by atoms with Gasteiger partial charge in [-0.05, 0) is 26.2 Å². The van der Waals surface area contributed by atoms with Gasteiger partial charge in [0, 0.05) is 13.2 Å². The average molecular weight is 311 g/mol. The molecule has 0 spiro atoms. The highest BCUT2D eigenvalue weighted by molar-refractivity contribution is 7.91. The Morgan fingerprint density at radius 3 is 2.94 bits per heavy atom. The SMILES string of the molecule is Cc1nc(Cl)sc1S(=O)(=O)NCCC1CCCO1. The van der Waals surface area contributed by atoms with Gasteiger partial charge in [-0.25, -0.2) is 18.1 Å². The number of hydrogen-bond acceptors (Lipinski definition) is 5. The molecule has 1 aromatic rings. The number of thiazole rings is 1. The molecule has 1 aromatic heterocycles. The van der Waals surface area contributed by atoms with E-state index in [0.717, 1.165) is 30.8 Å². The zero-order valence-corrected chi connectivity index (χ0v) is 12.4. The molecule has 102 valence electrons. The van der Waals surface area contributed by atoms with Gasteiger partial charge in [0.1, 0.15) is 0 Å². The van der Waals surface area contributed by atoms with Crippen molar-refractivity contribution in [3.05, 3.63) is 10.2 Å².